The first-order chi connectivity index (χ1) is 8.56. The highest BCUT2D eigenvalue weighted by Gasteiger charge is 2.12. The molecule has 0 fully saturated rings. The van der Waals surface area contributed by atoms with Gasteiger partial charge in [-0.3, -0.25) is 4.79 Å². The van der Waals surface area contributed by atoms with Crippen LogP contribution in [-0.2, 0) is 0 Å². The Morgan fingerprint density at radius 3 is 2.61 bits per heavy atom. The average molecular weight is 244 g/mol. The van der Waals surface area contributed by atoms with Crippen LogP contribution in [0.4, 0.5) is 10.2 Å². The van der Waals surface area contributed by atoms with Gasteiger partial charge < -0.3 is 5.32 Å². The topological polar surface area (TPSA) is 42.0 Å². The molecule has 0 aliphatic heterocycles. The summed E-state index contributed by atoms with van der Waals surface area (Å²) in [6.07, 6.45) is 1.59. The van der Waals surface area contributed by atoms with Crippen molar-refractivity contribution in [3.8, 4) is 0 Å². The minimum atomic E-state index is -0.536. The van der Waals surface area contributed by atoms with Crippen LogP contribution in [0.2, 0.25) is 0 Å². The molecule has 1 amide bonds. The number of nitrogens with zero attached hydrogens (tertiary/aromatic N) is 1. The SMILES string of the molecule is Cc1ccnc(NC(=O)c2cc(C)ccc2F)c1. The van der Waals surface area contributed by atoms with Gasteiger partial charge in [-0.1, -0.05) is 11.6 Å². The summed E-state index contributed by atoms with van der Waals surface area (Å²) in [7, 11) is 0. The maximum Gasteiger partial charge on any atom is 0.259 e. The number of hydrogen-bond donors (Lipinski definition) is 1. The average Bonchev–Trinajstić information content (AvgIpc) is 2.32. The molecule has 4 heteroatoms. The molecule has 1 aromatic heterocycles. The number of carbonyl (C=O) groups excluding carboxylic acids is 1. The Kier molecular flexibility index (Phi) is 3.37. The lowest BCUT2D eigenvalue weighted by molar-refractivity contribution is 0.102. The number of rotatable bonds is 2. The van der Waals surface area contributed by atoms with Gasteiger partial charge in [0.1, 0.15) is 11.6 Å². The Balaban J connectivity index is 2.24. The van der Waals surface area contributed by atoms with E-state index in [2.05, 4.69) is 10.3 Å². The maximum absolute atomic E-state index is 13.5. The van der Waals surface area contributed by atoms with Crippen LogP contribution in [0.3, 0.4) is 0 Å². The van der Waals surface area contributed by atoms with Gasteiger partial charge in [-0.15, -0.1) is 0 Å². The largest absolute Gasteiger partial charge is 0.306 e. The van der Waals surface area contributed by atoms with Crippen molar-refractivity contribution >= 4 is 11.7 Å². The summed E-state index contributed by atoms with van der Waals surface area (Å²) < 4.78 is 13.5. The summed E-state index contributed by atoms with van der Waals surface area (Å²) in [6.45, 7) is 3.70. The van der Waals surface area contributed by atoms with Gasteiger partial charge in [0.15, 0.2) is 0 Å². The van der Waals surface area contributed by atoms with Crippen LogP contribution in [0.15, 0.2) is 36.5 Å². The quantitative estimate of drug-likeness (QED) is 0.882. The van der Waals surface area contributed by atoms with E-state index >= 15 is 0 Å². The number of pyridine rings is 1. The molecule has 0 unspecified atom stereocenters. The van der Waals surface area contributed by atoms with Gasteiger partial charge in [0.25, 0.3) is 5.91 Å². The molecule has 1 heterocycles. The van der Waals surface area contributed by atoms with Crippen molar-refractivity contribution in [3.63, 3.8) is 0 Å². The molecule has 18 heavy (non-hydrogen) atoms. The zero-order valence-electron chi connectivity index (χ0n) is 10.2. The second kappa shape index (κ2) is 4.96. The minimum absolute atomic E-state index is 0.0262. The minimum Gasteiger partial charge on any atom is -0.306 e. The lowest BCUT2D eigenvalue weighted by Gasteiger charge is -2.06. The normalized spacial score (nSPS) is 10.2. The summed E-state index contributed by atoms with van der Waals surface area (Å²) >= 11 is 0. The molecule has 0 aliphatic rings. The Morgan fingerprint density at radius 1 is 1.17 bits per heavy atom. The zero-order chi connectivity index (χ0) is 13.1. The predicted octanol–water partition coefficient (Wildman–Crippen LogP) is 3.09. The van der Waals surface area contributed by atoms with Crippen LogP contribution in [0.25, 0.3) is 0 Å². The molecule has 3 nitrogen and oxygen atoms in total. The van der Waals surface area contributed by atoms with Crippen LogP contribution in [0.1, 0.15) is 21.5 Å². The van der Waals surface area contributed by atoms with Crippen LogP contribution in [0, 0.1) is 19.7 Å². The van der Waals surface area contributed by atoms with Gasteiger partial charge in [-0.2, -0.15) is 0 Å². The fourth-order valence-electron chi connectivity index (χ4n) is 1.60. The Hall–Kier alpha value is -2.23. The van der Waals surface area contributed by atoms with E-state index in [9.17, 15) is 9.18 Å². The third-order valence-corrected chi connectivity index (χ3v) is 2.52. The first kappa shape index (κ1) is 12.2. The van der Waals surface area contributed by atoms with E-state index < -0.39 is 11.7 Å². The Morgan fingerprint density at radius 2 is 1.89 bits per heavy atom. The van der Waals surface area contributed by atoms with Gasteiger partial charge >= 0.3 is 0 Å². The lowest BCUT2D eigenvalue weighted by Crippen LogP contribution is -2.14. The number of aryl methyl sites for hydroxylation is 2. The fourth-order valence-corrected chi connectivity index (χ4v) is 1.60. The van der Waals surface area contributed by atoms with Crippen molar-refractivity contribution in [2.24, 2.45) is 0 Å². The Labute approximate surface area is 105 Å². The first-order valence-corrected chi connectivity index (χ1v) is 5.56. The molecular formula is C14H13FN2O. The van der Waals surface area contributed by atoms with E-state index in [0.717, 1.165) is 11.1 Å². The number of nitrogens with one attached hydrogen (secondary N) is 1. The molecule has 1 aromatic carbocycles. The highest BCUT2D eigenvalue weighted by molar-refractivity contribution is 6.04. The standard InChI is InChI=1S/C14H13FN2O/c1-9-3-4-12(15)11(7-9)14(18)17-13-8-10(2)5-6-16-13/h3-8H,1-2H3,(H,16,17,18). The van der Waals surface area contributed by atoms with E-state index in [-0.39, 0.29) is 5.56 Å². The highest BCUT2D eigenvalue weighted by Crippen LogP contribution is 2.13. The predicted molar refractivity (Wildman–Crippen MR) is 68.1 cm³/mol. The molecule has 1 N–H and O–H groups in total. The van der Waals surface area contributed by atoms with E-state index in [1.807, 2.05) is 13.0 Å². The van der Waals surface area contributed by atoms with E-state index in [1.165, 1.54) is 12.1 Å². The summed E-state index contributed by atoms with van der Waals surface area (Å²) in [5.41, 5.74) is 1.84. The van der Waals surface area contributed by atoms with Crippen LogP contribution in [0.5, 0.6) is 0 Å². The third-order valence-electron chi connectivity index (χ3n) is 2.52. The number of anilines is 1. The third kappa shape index (κ3) is 2.71. The number of halogens is 1. The van der Waals surface area contributed by atoms with Crippen LogP contribution in [-0.4, -0.2) is 10.9 Å². The number of carbonyl (C=O) groups is 1. The van der Waals surface area contributed by atoms with Crippen molar-refractivity contribution in [1.82, 2.24) is 4.98 Å². The van der Waals surface area contributed by atoms with Crippen molar-refractivity contribution in [1.29, 1.82) is 0 Å². The number of aromatic nitrogens is 1. The number of amides is 1. The molecule has 0 aliphatic carbocycles. The molecule has 0 saturated heterocycles. The van der Waals surface area contributed by atoms with Crippen LogP contribution < -0.4 is 5.32 Å². The Bertz CT molecular complexity index is 596. The van der Waals surface area contributed by atoms with Gasteiger partial charge in [-0.05, 0) is 43.7 Å². The smallest absolute Gasteiger partial charge is 0.259 e. The van der Waals surface area contributed by atoms with Crippen LogP contribution >= 0.6 is 0 Å². The van der Waals surface area contributed by atoms with Gasteiger partial charge in [-0.25, -0.2) is 9.37 Å². The van der Waals surface area contributed by atoms with Gasteiger partial charge in [0.2, 0.25) is 0 Å². The molecule has 0 saturated carbocycles. The summed E-state index contributed by atoms with van der Waals surface area (Å²) in [5.74, 6) is -0.610. The second-order valence-electron chi connectivity index (χ2n) is 4.16. The molecule has 2 rings (SSSR count). The monoisotopic (exact) mass is 244 g/mol. The maximum atomic E-state index is 13.5. The van der Waals surface area contributed by atoms with E-state index in [1.54, 1.807) is 25.3 Å². The second-order valence-corrected chi connectivity index (χ2v) is 4.16. The summed E-state index contributed by atoms with van der Waals surface area (Å²) in [6, 6.07) is 7.97. The fraction of sp³-hybridized carbons (Fsp3) is 0.143. The molecule has 0 spiro atoms. The molecule has 2 aromatic rings. The van der Waals surface area contributed by atoms with Gasteiger partial charge in [0, 0.05) is 6.20 Å². The molecule has 0 atom stereocenters. The van der Waals surface area contributed by atoms with Crippen molar-refractivity contribution < 1.29 is 9.18 Å². The van der Waals surface area contributed by atoms with E-state index in [0.29, 0.717) is 5.82 Å². The summed E-state index contributed by atoms with van der Waals surface area (Å²) in [5, 5.41) is 2.58. The molecular weight excluding hydrogens is 231 g/mol. The summed E-state index contributed by atoms with van der Waals surface area (Å²) in [4.78, 5) is 15.9. The molecule has 0 bridgehead atoms. The van der Waals surface area contributed by atoms with Crippen molar-refractivity contribution in [2.75, 3.05) is 5.32 Å². The highest BCUT2D eigenvalue weighted by atomic mass is 19.1. The van der Waals surface area contributed by atoms with Gasteiger partial charge in [0.05, 0.1) is 5.56 Å². The van der Waals surface area contributed by atoms with Crippen molar-refractivity contribution in [2.45, 2.75) is 13.8 Å². The first-order valence-electron chi connectivity index (χ1n) is 5.56. The molecule has 92 valence electrons. The number of benzene rings is 1. The van der Waals surface area contributed by atoms with E-state index in [4.69, 9.17) is 0 Å². The van der Waals surface area contributed by atoms with Crippen molar-refractivity contribution in [3.05, 3.63) is 59.0 Å². The lowest BCUT2D eigenvalue weighted by atomic mass is 10.1. The number of hydrogen-bond acceptors (Lipinski definition) is 2. The zero-order valence-corrected chi connectivity index (χ0v) is 10.2. The molecule has 0 radical (unpaired) electrons.